The van der Waals surface area contributed by atoms with Gasteiger partial charge in [0.25, 0.3) is 0 Å². The number of aliphatic hydroxyl groups excluding tert-OH is 1. The van der Waals surface area contributed by atoms with Crippen molar-refractivity contribution in [3.8, 4) is 0 Å². The number of hydrogen-bond acceptors (Lipinski definition) is 4. The molecule has 0 aromatic heterocycles. The fourth-order valence-corrected chi connectivity index (χ4v) is 3.46. The normalized spacial score (nSPS) is 24.3. The molecule has 1 saturated carbocycles. The van der Waals surface area contributed by atoms with Crippen LogP contribution in [-0.2, 0) is 4.74 Å². The van der Waals surface area contributed by atoms with Gasteiger partial charge in [0.2, 0.25) is 0 Å². The third kappa shape index (κ3) is 7.09. The molecule has 21 heavy (non-hydrogen) atoms. The molecule has 4 heteroatoms. The molecule has 0 amide bonds. The van der Waals surface area contributed by atoms with Gasteiger partial charge in [0.1, 0.15) is 0 Å². The molecule has 0 radical (unpaired) electrons. The second-order valence-corrected chi connectivity index (χ2v) is 6.99. The quantitative estimate of drug-likeness (QED) is 0.673. The molecule has 0 spiro atoms. The fourth-order valence-electron chi connectivity index (χ4n) is 3.46. The monoisotopic (exact) mass is 298 g/mol. The lowest BCUT2D eigenvalue weighted by molar-refractivity contribution is -0.0229. The van der Waals surface area contributed by atoms with E-state index in [2.05, 4.69) is 17.3 Å². The molecule has 1 aliphatic heterocycles. The van der Waals surface area contributed by atoms with Crippen molar-refractivity contribution in [1.82, 2.24) is 10.2 Å². The molecule has 1 saturated heterocycles. The number of piperidine rings is 1. The largest absolute Gasteiger partial charge is 0.389 e. The highest BCUT2D eigenvalue weighted by molar-refractivity contribution is 4.71. The first kappa shape index (κ1) is 17.2. The first-order chi connectivity index (χ1) is 10.2. The van der Waals surface area contributed by atoms with Gasteiger partial charge in [-0.25, -0.2) is 0 Å². The van der Waals surface area contributed by atoms with Crippen molar-refractivity contribution < 1.29 is 9.84 Å². The molecule has 2 N–H and O–H groups in total. The molecule has 1 heterocycles. The van der Waals surface area contributed by atoms with E-state index in [0.29, 0.717) is 19.3 Å². The van der Waals surface area contributed by atoms with Crippen LogP contribution in [0.25, 0.3) is 0 Å². The van der Waals surface area contributed by atoms with Gasteiger partial charge in [-0.15, -0.1) is 0 Å². The van der Waals surface area contributed by atoms with Crippen molar-refractivity contribution in [2.45, 2.75) is 63.6 Å². The lowest BCUT2D eigenvalue weighted by Crippen LogP contribution is -2.35. The van der Waals surface area contributed by atoms with Crippen molar-refractivity contribution in [2.75, 3.05) is 39.8 Å². The first-order valence-corrected chi connectivity index (χ1v) is 8.93. The summed E-state index contributed by atoms with van der Waals surface area (Å²) in [4.78, 5) is 2.41. The van der Waals surface area contributed by atoms with Gasteiger partial charge in [0.05, 0.1) is 18.8 Å². The highest BCUT2D eigenvalue weighted by Gasteiger charge is 2.17. The van der Waals surface area contributed by atoms with Crippen LogP contribution in [0.1, 0.15) is 51.4 Å². The molecule has 1 aliphatic carbocycles. The standard InChI is InChI=1S/C17H34N2O2/c1-19-11-8-15(9-12-19)7-10-18-13-16(20)14-21-17-5-3-2-4-6-17/h15-18,20H,2-14H2,1H3. The number of aliphatic hydroxyl groups is 1. The topological polar surface area (TPSA) is 44.7 Å². The number of rotatable bonds is 8. The van der Waals surface area contributed by atoms with E-state index in [-0.39, 0.29) is 6.10 Å². The van der Waals surface area contributed by atoms with Crippen LogP contribution < -0.4 is 5.32 Å². The van der Waals surface area contributed by atoms with Crippen LogP contribution in [0.5, 0.6) is 0 Å². The second kappa shape index (κ2) is 9.78. The molecular formula is C17H34N2O2. The van der Waals surface area contributed by atoms with Gasteiger partial charge in [-0.1, -0.05) is 19.3 Å². The van der Waals surface area contributed by atoms with Crippen molar-refractivity contribution in [2.24, 2.45) is 5.92 Å². The minimum Gasteiger partial charge on any atom is -0.389 e. The van der Waals surface area contributed by atoms with Crippen LogP contribution in [0.4, 0.5) is 0 Å². The third-order valence-electron chi connectivity index (χ3n) is 5.02. The van der Waals surface area contributed by atoms with E-state index in [4.69, 9.17) is 4.74 Å². The smallest absolute Gasteiger partial charge is 0.0897 e. The van der Waals surface area contributed by atoms with Crippen LogP contribution in [0.3, 0.4) is 0 Å². The van der Waals surface area contributed by atoms with Crippen LogP contribution in [0, 0.1) is 5.92 Å². The van der Waals surface area contributed by atoms with Gasteiger partial charge in [-0.2, -0.15) is 0 Å². The molecule has 1 atom stereocenters. The zero-order valence-electron chi connectivity index (χ0n) is 13.7. The zero-order chi connectivity index (χ0) is 14.9. The number of ether oxygens (including phenoxy) is 1. The number of nitrogens with zero attached hydrogens (tertiary/aromatic N) is 1. The van der Waals surface area contributed by atoms with Crippen molar-refractivity contribution >= 4 is 0 Å². The number of nitrogens with one attached hydrogen (secondary N) is 1. The zero-order valence-corrected chi connectivity index (χ0v) is 13.7. The molecule has 2 fully saturated rings. The van der Waals surface area contributed by atoms with Crippen LogP contribution >= 0.6 is 0 Å². The summed E-state index contributed by atoms with van der Waals surface area (Å²) in [5, 5.41) is 13.3. The molecule has 0 aromatic carbocycles. The maximum atomic E-state index is 9.96. The summed E-state index contributed by atoms with van der Waals surface area (Å²) >= 11 is 0. The third-order valence-corrected chi connectivity index (χ3v) is 5.02. The average molecular weight is 298 g/mol. The first-order valence-electron chi connectivity index (χ1n) is 8.93. The fraction of sp³-hybridized carbons (Fsp3) is 1.00. The Bertz CT molecular complexity index is 262. The Labute approximate surface area is 130 Å². The van der Waals surface area contributed by atoms with Crippen LogP contribution in [-0.4, -0.2) is 62.0 Å². The van der Waals surface area contributed by atoms with E-state index < -0.39 is 0 Å². The van der Waals surface area contributed by atoms with Gasteiger partial charge < -0.3 is 20.1 Å². The summed E-state index contributed by atoms with van der Waals surface area (Å²) in [6.45, 7) is 4.66. The molecule has 4 nitrogen and oxygen atoms in total. The Hall–Kier alpha value is -0.160. The van der Waals surface area contributed by atoms with Crippen LogP contribution in [0.2, 0.25) is 0 Å². The van der Waals surface area contributed by atoms with Crippen LogP contribution in [0.15, 0.2) is 0 Å². The van der Waals surface area contributed by atoms with E-state index in [1.54, 1.807) is 0 Å². The Balaban J connectivity index is 1.44. The Kier molecular flexibility index (Phi) is 8.01. The molecule has 1 unspecified atom stereocenters. The summed E-state index contributed by atoms with van der Waals surface area (Å²) in [6.07, 6.45) is 10.2. The molecule has 0 bridgehead atoms. The van der Waals surface area contributed by atoms with E-state index >= 15 is 0 Å². The molecule has 2 rings (SSSR count). The van der Waals surface area contributed by atoms with E-state index in [1.165, 1.54) is 64.5 Å². The van der Waals surface area contributed by atoms with Crippen molar-refractivity contribution in [3.05, 3.63) is 0 Å². The number of likely N-dealkylation sites (tertiary alicyclic amines) is 1. The Morgan fingerprint density at radius 1 is 1.14 bits per heavy atom. The van der Waals surface area contributed by atoms with E-state index in [0.717, 1.165) is 12.5 Å². The minimum atomic E-state index is -0.357. The Morgan fingerprint density at radius 2 is 1.86 bits per heavy atom. The summed E-state index contributed by atoms with van der Waals surface area (Å²) in [5.74, 6) is 0.865. The van der Waals surface area contributed by atoms with Gasteiger partial charge in [0.15, 0.2) is 0 Å². The minimum absolute atomic E-state index is 0.357. The average Bonchev–Trinajstić information content (AvgIpc) is 2.52. The molecule has 2 aliphatic rings. The van der Waals surface area contributed by atoms with E-state index in [1.807, 2.05) is 0 Å². The van der Waals surface area contributed by atoms with Crippen molar-refractivity contribution in [1.29, 1.82) is 0 Å². The summed E-state index contributed by atoms with van der Waals surface area (Å²) in [7, 11) is 2.21. The summed E-state index contributed by atoms with van der Waals surface area (Å²) < 4.78 is 5.81. The molecule has 124 valence electrons. The van der Waals surface area contributed by atoms with Gasteiger partial charge >= 0.3 is 0 Å². The second-order valence-electron chi connectivity index (χ2n) is 6.99. The Morgan fingerprint density at radius 3 is 2.57 bits per heavy atom. The van der Waals surface area contributed by atoms with Gasteiger partial charge in [0, 0.05) is 6.54 Å². The maximum Gasteiger partial charge on any atom is 0.0897 e. The predicted octanol–water partition coefficient (Wildman–Crippen LogP) is 2.02. The molecule has 0 aromatic rings. The highest BCUT2D eigenvalue weighted by Crippen LogP contribution is 2.20. The SMILES string of the molecule is CN1CCC(CCNCC(O)COC2CCCCC2)CC1. The predicted molar refractivity (Wildman–Crippen MR) is 86.5 cm³/mol. The summed E-state index contributed by atoms with van der Waals surface area (Å²) in [5.41, 5.74) is 0. The van der Waals surface area contributed by atoms with Gasteiger partial charge in [-0.3, -0.25) is 0 Å². The lowest BCUT2D eigenvalue weighted by Gasteiger charge is -2.29. The summed E-state index contributed by atoms with van der Waals surface area (Å²) in [6, 6.07) is 0. The maximum absolute atomic E-state index is 9.96. The highest BCUT2D eigenvalue weighted by atomic mass is 16.5. The van der Waals surface area contributed by atoms with Crippen molar-refractivity contribution in [3.63, 3.8) is 0 Å². The number of hydrogen-bond donors (Lipinski definition) is 2. The lowest BCUT2D eigenvalue weighted by atomic mass is 9.94. The van der Waals surface area contributed by atoms with E-state index in [9.17, 15) is 5.11 Å². The molecular weight excluding hydrogens is 264 g/mol. The van der Waals surface area contributed by atoms with Gasteiger partial charge in [-0.05, 0) is 64.7 Å².